The van der Waals surface area contributed by atoms with Gasteiger partial charge in [-0.05, 0) is 43.5 Å². The standard InChI is InChI=1S/C13H16N2/c1-4-12-9-14-15(11(12)3)13-7-5-6-10(2)8-13/h5-9H,4H2,1-3H3. The van der Waals surface area contributed by atoms with Gasteiger partial charge in [-0.3, -0.25) is 0 Å². The van der Waals surface area contributed by atoms with E-state index in [1.54, 1.807) is 0 Å². The Balaban J connectivity index is 2.49. The Labute approximate surface area is 90.6 Å². The Kier molecular flexibility index (Phi) is 2.58. The summed E-state index contributed by atoms with van der Waals surface area (Å²) in [6, 6.07) is 8.41. The highest BCUT2D eigenvalue weighted by Crippen LogP contribution is 2.15. The van der Waals surface area contributed by atoms with E-state index in [-0.39, 0.29) is 0 Å². The summed E-state index contributed by atoms with van der Waals surface area (Å²) in [7, 11) is 0. The van der Waals surface area contributed by atoms with Crippen LogP contribution < -0.4 is 0 Å². The van der Waals surface area contributed by atoms with Gasteiger partial charge in [0.05, 0.1) is 11.9 Å². The molecule has 1 aromatic carbocycles. The van der Waals surface area contributed by atoms with Crippen molar-refractivity contribution in [2.45, 2.75) is 27.2 Å². The van der Waals surface area contributed by atoms with Crippen LogP contribution in [0.25, 0.3) is 5.69 Å². The minimum Gasteiger partial charge on any atom is -0.238 e. The van der Waals surface area contributed by atoms with Gasteiger partial charge >= 0.3 is 0 Å². The van der Waals surface area contributed by atoms with Crippen LogP contribution in [-0.2, 0) is 6.42 Å². The molecule has 0 N–H and O–H groups in total. The number of hydrogen-bond acceptors (Lipinski definition) is 1. The average molecular weight is 200 g/mol. The highest BCUT2D eigenvalue weighted by atomic mass is 15.3. The quantitative estimate of drug-likeness (QED) is 0.728. The first-order valence-corrected chi connectivity index (χ1v) is 5.33. The zero-order chi connectivity index (χ0) is 10.8. The molecule has 1 aromatic heterocycles. The number of rotatable bonds is 2. The first kappa shape index (κ1) is 9.97. The lowest BCUT2D eigenvalue weighted by atomic mass is 10.2. The van der Waals surface area contributed by atoms with Crippen molar-refractivity contribution in [3.8, 4) is 5.69 Å². The largest absolute Gasteiger partial charge is 0.238 e. The van der Waals surface area contributed by atoms with Crippen LogP contribution in [0.4, 0.5) is 0 Å². The summed E-state index contributed by atoms with van der Waals surface area (Å²) in [5, 5.41) is 4.41. The SMILES string of the molecule is CCc1cnn(-c2cccc(C)c2)c1C. The van der Waals surface area contributed by atoms with Crippen molar-refractivity contribution in [1.29, 1.82) is 0 Å². The molecule has 2 rings (SSSR count). The zero-order valence-electron chi connectivity index (χ0n) is 9.49. The molecule has 0 spiro atoms. The van der Waals surface area contributed by atoms with Crippen LogP contribution in [0, 0.1) is 13.8 Å². The van der Waals surface area contributed by atoms with E-state index < -0.39 is 0 Å². The third-order valence-corrected chi connectivity index (χ3v) is 2.74. The fraction of sp³-hybridized carbons (Fsp3) is 0.308. The Morgan fingerprint density at radius 3 is 2.67 bits per heavy atom. The number of aromatic nitrogens is 2. The molecule has 0 aliphatic rings. The minimum absolute atomic E-state index is 1.04. The Bertz CT molecular complexity index is 469. The van der Waals surface area contributed by atoms with Crippen LogP contribution in [0.15, 0.2) is 30.5 Å². The van der Waals surface area contributed by atoms with Gasteiger partial charge < -0.3 is 0 Å². The fourth-order valence-electron chi connectivity index (χ4n) is 1.81. The minimum atomic E-state index is 1.04. The van der Waals surface area contributed by atoms with Gasteiger partial charge in [0.15, 0.2) is 0 Å². The monoisotopic (exact) mass is 200 g/mol. The van der Waals surface area contributed by atoms with E-state index in [2.05, 4.69) is 50.1 Å². The highest BCUT2D eigenvalue weighted by molar-refractivity contribution is 5.37. The second-order valence-electron chi connectivity index (χ2n) is 3.86. The Morgan fingerprint density at radius 2 is 2.07 bits per heavy atom. The maximum atomic E-state index is 4.41. The molecule has 2 aromatic rings. The normalized spacial score (nSPS) is 10.6. The van der Waals surface area contributed by atoms with Crippen molar-refractivity contribution in [2.24, 2.45) is 0 Å². The van der Waals surface area contributed by atoms with Gasteiger partial charge in [0.2, 0.25) is 0 Å². The molecular weight excluding hydrogens is 184 g/mol. The highest BCUT2D eigenvalue weighted by Gasteiger charge is 2.05. The van der Waals surface area contributed by atoms with Gasteiger partial charge in [-0.2, -0.15) is 5.10 Å². The first-order valence-electron chi connectivity index (χ1n) is 5.33. The predicted octanol–water partition coefficient (Wildman–Crippen LogP) is 3.05. The molecule has 0 bridgehead atoms. The second kappa shape index (κ2) is 3.89. The number of hydrogen-bond donors (Lipinski definition) is 0. The van der Waals surface area contributed by atoms with E-state index in [0.717, 1.165) is 12.1 Å². The van der Waals surface area contributed by atoms with E-state index in [0.29, 0.717) is 0 Å². The number of aryl methyl sites for hydroxylation is 2. The van der Waals surface area contributed by atoms with Crippen LogP contribution >= 0.6 is 0 Å². The molecular formula is C13H16N2. The van der Waals surface area contributed by atoms with E-state index in [1.807, 2.05) is 10.9 Å². The number of nitrogens with zero attached hydrogens (tertiary/aromatic N) is 2. The van der Waals surface area contributed by atoms with Crippen LogP contribution in [0.1, 0.15) is 23.7 Å². The van der Waals surface area contributed by atoms with Crippen molar-refractivity contribution >= 4 is 0 Å². The van der Waals surface area contributed by atoms with Gasteiger partial charge in [-0.1, -0.05) is 19.1 Å². The maximum absolute atomic E-state index is 4.41. The molecule has 15 heavy (non-hydrogen) atoms. The maximum Gasteiger partial charge on any atom is 0.0651 e. The molecule has 0 radical (unpaired) electrons. The molecule has 2 heteroatoms. The summed E-state index contributed by atoms with van der Waals surface area (Å²) < 4.78 is 2.01. The van der Waals surface area contributed by atoms with Crippen molar-refractivity contribution in [1.82, 2.24) is 9.78 Å². The summed E-state index contributed by atoms with van der Waals surface area (Å²) in [6.07, 6.45) is 3.00. The summed E-state index contributed by atoms with van der Waals surface area (Å²) in [6.45, 7) is 6.38. The van der Waals surface area contributed by atoms with Crippen LogP contribution in [0.2, 0.25) is 0 Å². The van der Waals surface area contributed by atoms with Crippen molar-refractivity contribution in [3.05, 3.63) is 47.3 Å². The van der Waals surface area contributed by atoms with Crippen molar-refractivity contribution in [2.75, 3.05) is 0 Å². The van der Waals surface area contributed by atoms with Gasteiger partial charge in [0.1, 0.15) is 0 Å². The smallest absolute Gasteiger partial charge is 0.0651 e. The summed E-state index contributed by atoms with van der Waals surface area (Å²) >= 11 is 0. The Morgan fingerprint density at radius 1 is 1.27 bits per heavy atom. The summed E-state index contributed by atoms with van der Waals surface area (Å²) in [4.78, 5) is 0. The van der Waals surface area contributed by atoms with Gasteiger partial charge in [-0.25, -0.2) is 4.68 Å². The third-order valence-electron chi connectivity index (χ3n) is 2.74. The lowest BCUT2D eigenvalue weighted by molar-refractivity contribution is 0.843. The predicted molar refractivity (Wildman–Crippen MR) is 62.4 cm³/mol. The molecule has 0 amide bonds. The molecule has 78 valence electrons. The fourth-order valence-corrected chi connectivity index (χ4v) is 1.81. The lowest BCUT2D eigenvalue weighted by Crippen LogP contribution is -1.99. The molecule has 0 aliphatic heterocycles. The van der Waals surface area contributed by atoms with Crippen molar-refractivity contribution < 1.29 is 0 Å². The first-order chi connectivity index (χ1) is 7.22. The third kappa shape index (κ3) is 1.80. The topological polar surface area (TPSA) is 17.8 Å². The van der Waals surface area contributed by atoms with Crippen LogP contribution in [0.5, 0.6) is 0 Å². The van der Waals surface area contributed by atoms with Crippen LogP contribution in [0.3, 0.4) is 0 Å². The van der Waals surface area contributed by atoms with E-state index in [1.165, 1.54) is 16.8 Å². The van der Waals surface area contributed by atoms with E-state index in [4.69, 9.17) is 0 Å². The molecule has 0 unspecified atom stereocenters. The average Bonchev–Trinajstić information content (AvgIpc) is 2.59. The number of benzene rings is 1. The summed E-state index contributed by atoms with van der Waals surface area (Å²) in [5.41, 5.74) is 4.97. The van der Waals surface area contributed by atoms with Crippen LogP contribution in [-0.4, -0.2) is 9.78 Å². The molecule has 1 heterocycles. The van der Waals surface area contributed by atoms with Crippen molar-refractivity contribution in [3.63, 3.8) is 0 Å². The second-order valence-corrected chi connectivity index (χ2v) is 3.86. The molecule has 0 saturated heterocycles. The van der Waals surface area contributed by atoms with Gasteiger partial charge in [0, 0.05) is 5.69 Å². The van der Waals surface area contributed by atoms with E-state index >= 15 is 0 Å². The lowest BCUT2D eigenvalue weighted by Gasteiger charge is -2.05. The molecule has 0 atom stereocenters. The zero-order valence-corrected chi connectivity index (χ0v) is 9.49. The van der Waals surface area contributed by atoms with Gasteiger partial charge in [0.25, 0.3) is 0 Å². The molecule has 0 saturated carbocycles. The molecule has 0 fully saturated rings. The summed E-state index contributed by atoms with van der Waals surface area (Å²) in [5.74, 6) is 0. The Hall–Kier alpha value is -1.57. The van der Waals surface area contributed by atoms with E-state index in [9.17, 15) is 0 Å². The molecule has 0 aliphatic carbocycles. The molecule has 2 nitrogen and oxygen atoms in total. The van der Waals surface area contributed by atoms with Gasteiger partial charge in [-0.15, -0.1) is 0 Å².